The van der Waals surface area contributed by atoms with Crippen LogP contribution in [0.3, 0.4) is 0 Å². The molecule has 3 aromatic rings. The standard InChI is InChI=1S/C15H16FN5O/c16-12-3-1-2-11-13(12)19-15(17)21-9-10(18-14(11)21)8-20-4-6-22-7-5-20/h1-3,9H,4-8H2,(H2,17,19). The molecule has 7 heteroatoms. The van der Waals surface area contributed by atoms with Gasteiger partial charge in [0.15, 0.2) is 0 Å². The third kappa shape index (κ3) is 2.18. The molecule has 0 spiro atoms. The van der Waals surface area contributed by atoms with Crippen LogP contribution in [-0.2, 0) is 11.3 Å². The van der Waals surface area contributed by atoms with Crippen LogP contribution in [0.2, 0.25) is 0 Å². The van der Waals surface area contributed by atoms with Crippen molar-refractivity contribution in [1.29, 1.82) is 0 Å². The minimum absolute atomic E-state index is 0.244. The first kappa shape index (κ1) is 13.4. The van der Waals surface area contributed by atoms with Crippen LogP contribution in [0.4, 0.5) is 10.3 Å². The first-order chi connectivity index (χ1) is 10.7. The van der Waals surface area contributed by atoms with E-state index in [2.05, 4.69) is 14.9 Å². The number of imidazole rings is 1. The molecule has 0 radical (unpaired) electrons. The first-order valence-corrected chi connectivity index (χ1v) is 7.24. The molecule has 1 saturated heterocycles. The predicted molar refractivity (Wildman–Crippen MR) is 81.0 cm³/mol. The van der Waals surface area contributed by atoms with E-state index in [0.29, 0.717) is 11.0 Å². The largest absolute Gasteiger partial charge is 0.379 e. The predicted octanol–water partition coefficient (Wildman–Crippen LogP) is 1.44. The Hall–Kier alpha value is -2.25. The van der Waals surface area contributed by atoms with E-state index >= 15 is 0 Å². The summed E-state index contributed by atoms with van der Waals surface area (Å²) in [5.41, 5.74) is 7.75. The average molecular weight is 301 g/mol. The maximum atomic E-state index is 13.9. The number of nitrogens with zero attached hydrogens (tertiary/aromatic N) is 4. The van der Waals surface area contributed by atoms with Crippen molar-refractivity contribution in [3.8, 4) is 0 Å². The van der Waals surface area contributed by atoms with Gasteiger partial charge in [-0.05, 0) is 12.1 Å². The Morgan fingerprint density at radius 1 is 1.23 bits per heavy atom. The smallest absolute Gasteiger partial charge is 0.206 e. The Morgan fingerprint density at radius 2 is 2.05 bits per heavy atom. The highest BCUT2D eigenvalue weighted by Gasteiger charge is 2.16. The number of aromatic nitrogens is 3. The lowest BCUT2D eigenvalue weighted by molar-refractivity contribution is 0.0337. The van der Waals surface area contributed by atoms with E-state index < -0.39 is 0 Å². The number of ether oxygens (including phenoxy) is 1. The van der Waals surface area contributed by atoms with Gasteiger partial charge >= 0.3 is 0 Å². The second kappa shape index (κ2) is 5.19. The highest BCUT2D eigenvalue weighted by Crippen LogP contribution is 2.23. The Labute approximate surface area is 126 Å². The maximum absolute atomic E-state index is 13.9. The van der Waals surface area contributed by atoms with Gasteiger partial charge in [-0.15, -0.1) is 0 Å². The van der Waals surface area contributed by atoms with E-state index in [-0.39, 0.29) is 17.3 Å². The molecule has 0 atom stereocenters. The molecule has 0 unspecified atom stereocenters. The molecule has 6 nitrogen and oxygen atoms in total. The van der Waals surface area contributed by atoms with Crippen LogP contribution >= 0.6 is 0 Å². The summed E-state index contributed by atoms with van der Waals surface area (Å²) in [6.07, 6.45) is 1.87. The first-order valence-electron chi connectivity index (χ1n) is 7.24. The van der Waals surface area contributed by atoms with Gasteiger partial charge in [-0.25, -0.2) is 14.4 Å². The molecule has 1 fully saturated rings. The van der Waals surface area contributed by atoms with Crippen molar-refractivity contribution in [3.05, 3.63) is 35.9 Å². The van der Waals surface area contributed by atoms with E-state index in [1.165, 1.54) is 6.07 Å². The number of nitrogens with two attached hydrogens (primary N) is 1. The van der Waals surface area contributed by atoms with E-state index in [1.807, 2.05) is 12.3 Å². The van der Waals surface area contributed by atoms with Gasteiger partial charge in [0.2, 0.25) is 5.95 Å². The van der Waals surface area contributed by atoms with E-state index in [1.54, 1.807) is 10.5 Å². The minimum atomic E-state index is -0.385. The van der Waals surface area contributed by atoms with Crippen LogP contribution in [0.1, 0.15) is 5.69 Å². The summed E-state index contributed by atoms with van der Waals surface area (Å²) in [4.78, 5) is 11.1. The number of para-hydroxylation sites is 1. The fraction of sp³-hybridized carbons (Fsp3) is 0.333. The summed E-state index contributed by atoms with van der Waals surface area (Å²) < 4.78 is 21.0. The van der Waals surface area contributed by atoms with Crippen molar-refractivity contribution in [1.82, 2.24) is 19.3 Å². The Kier molecular flexibility index (Phi) is 3.16. The number of rotatable bonds is 2. The van der Waals surface area contributed by atoms with Gasteiger partial charge in [-0.2, -0.15) is 0 Å². The molecule has 22 heavy (non-hydrogen) atoms. The molecule has 1 aromatic carbocycles. The van der Waals surface area contributed by atoms with E-state index in [9.17, 15) is 4.39 Å². The number of halogens is 1. The zero-order valence-corrected chi connectivity index (χ0v) is 12.0. The van der Waals surface area contributed by atoms with Crippen molar-refractivity contribution in [2.24, 2.45) is 0 Å². The van der Waals surface area contributed by atoms with Gasteiger partial charge in [0, 0.05) is 31.2 Å². The van der Waals surface area contributed by atoms with Crippen molar-refractivity contribution in [3.63, 3.8) is 0 Å². The molecule has 2 aromatic heterocycles. The molecular weight excluding hydrogens is 285 g/mol. The monoisotopic (exact) mass is 301 g/mol. The third-order valence-corrected chi connectivity index (χ3v) is 3.95. The summed E-state index contributed by atoms with van der Waals surface area (Å²) >= 11 is 0. The van der Waals surface area contributed by atoms with Crippen LogP contribution < -0.4 is 5.73 Å². The van der Waals surface area contributed by atoms with E-state index in [0.717, 1.165) is 38.5 Å². The molecule has 0 amide bonds. The van der Waals surface area contributed by atoms with Gasteiger partial charge in [0.05, 0.1) is 18.9 Å². The molecular formula is C15H16FN5O. The van der Waals surface area contributed by atoms with Crippen LogP contribution in [0.25, 0.3) is 16.6 Å². The van der Waals surface area contributed by atoms with Gasteiger partial charge in [-0.1, -0.05) is 6.07 Å². The van der Waals surface area contributed by atoms with Crippen molar-refractivity contribution >= 4 is 22.5 Å². The van der Waals surface area contributed by atoms with Gasteiger partial charge < -0.3 is 10.5 Å². The molecule has 0 saturated carbocycles. The molecule has 0 aliphatic carbocycles. The second-order valence-electron chi connectivity index (χ2n) is 5.42. The summed E-state index contributed by atoms with van der Waals surface area (Å²) in [5, 5.41) is 0.669. The fourth-order valence-corrected chi connectivity index (χ4v) is 2.84. The normalized spacial score (nSPS) is 16.6. The lowest BCUT2D eigenvalue weighted by Crippen LogP contribution is -2.35. The van der Waals surface area contributed by atoms with Crippen LogP contribution in [0.5, 0.6) is 0 Å². The lowest BCUT2D eigenvalue weighted by Gasteiger charge is -2.25. The number of hydrogen-bond acceptors (Lipinski definition) is 5. The molecule has 1 aliphatic rings. The number of nitrogen functional groups attached to an aromatic ring is 1. The summed E-state index contributed by atoms with van der Waals surface area (Å²) in [5.74, 6) is -0.141. The van der Waals surface area contributed by atoms with Crippen LogP contribution in [0.15, 0.2) is 24.4 Å². The molecule has 2 N–H and O–H groups in total. The van der Waals surface area contributed by atoms with E-state index in [4.69, 9.17) is 10.5 Å². The Balaban J connectivity index is 1.80. The Morgan fingerprint density at radius 3 is 2.86 bits per heavy atom. The average Bonchev–Trinajstić information content (AvgIpc) is 2.94. The molecule has 1 aliphatic heterocycles. The molecule has 4 rings (SSSR count). The zero-order chi connectivity index (χ0) is 15.1. The lowest BCUT2D eigenvalue weighted by atomic mass is 10.2. The van der Waals surface area contributed by atoms with Crippen LogP contribution in [-0.4, -0.2) is 45.6 Å². The number of fused-ring (bicyclic) bond motifs is 3. The summed E-state index contributed by atoms with van der Waals surface area (Å²) in [6, 6.07) is 4.85. The van der Waals surface area contributed by atoms with Gasteiger partial charge in [-0.3, -0.25) is 9.30 Å². The van der Waals surface area contributed by atoms with Crippen molar-refractivity contribution < 1.29 is 9.13 Å². The van der Waals surface area contributed by atoms with Crippen molar-refractivity contribution in [2.45, 2.75) is 6.54 Å². The number of morpholine rings is 1. The third-order valence-electron chi connectivity index (χ3n) is 3.95. The zero-order valence-electron chi connectivity index (χ0n) is 12.0. The summed E-state index contributed by atoms with van der Waals surface area (Å²) in [6.45, 7) is 3.98. The summed E-state index contributed by atoms with van der Waals surface area (Å²) in [7, 11) is 0. The van der Waals surface area contributed by atoms with Crippen LogP contribution in [0, 0.1) is 5.82 Å². The highest BCUT2D eigenvalue weighted by atomic mass is 19.1. The number of anilines is 1. The SMILES string of the molecule is Nc1nc2c(F)cccc2c2nc(CN3CCOCC3)cn12. The Bertz CT molecular complexity index is 841. The quantitative estimate of drug-likeness (QED) is 0.775. The minimum Gasteiger partial charge on any atom is -0.379 e. The topological polar surface area (TPSA) is 68.7 Å². The van der Waals surface area contributed by atoms with Crippen molar-refractivity contribution in [2.75, 3.05) is 32.0 Å². The maximum Gasteiger partial charge on any atom is 0.206 e. The fourth-order valence-electron chi connectivity index (χ4n) is 2.84. The molecule has 114 valence electrons. The molecule has 3 heterocycles. The highest BCUT2D eigenvalue weighted by molar-refractivity contribution is 5.92. The number of benzene rings is 1. The van der Waals surface area contributed by atoms with Gasteiger partial charge in [0.1, 0.15) is 17.0 Å². The molecule has 0 bridgehead atoms. The number of hydrogen-bond donors (Lipinski definition) is 1. The second-order valence-corrected chi connectivity index (χ2v) is 5.42. The van der Waals surface area contributed by atoms with Gasteiger partial charge in [0.25, 0.3) is 0 Å².